The third-order valence-corrected chi connectivity index (χ3v) is 7.87. The van der Waals surface area contributed by atoms with Crippen molar-refractivity contribution in [1.82, 2.24) is 4.98 Å². The van der Waals surface area contributed by atoms with Gasteiger partial charge in [-0.25, -0.2) is 4.98 Å². The molecule has 9 nitrogen and oxygen atoms in total. The number of fused-ring (bicyclic) bond motifs is 1. The number of rotatable bonds is 10. The van der Waals surface area contributed by atoms with E-state index in [0.717, 1.165) is 17.5 Å². The number of Topliss-reactive ketones (excluding diaryl/α,β-unsaturated/α-hetero) is 1. The topological polar surface area (TPSA) is 107 Å². The van der Waals surface area contributed by atoms with Crippen LogP contribution in [0.3, 0.4) is 0 Å². The Morgan fingerprint density at radius 3 is 2.34 bits per heavy atom. The van der Waals surface area contributed by atoms with Gasteiger partial charge in [0.1, 0.15) is 17.3 Å². The Balaban J connectivity index is 1.67. The van der Waals surface area contributed by atoms with E-state index < -0.39 is 17.7 Å². The minimum Gasteiger partial charge on any atom is -0.507 e. The number of aliphatic hydroxyl groups excluding tert-OH is 1. The molecule has 1 N–H and O–H groups in total. The molecule has 2 heterocycles. The van der Waals surface area contributed by atoms with Crippen LogP contribution in [0.5, 0.6) is 23.0 Å². The van der Waals surface area contributed by atoms with Gasteiger partial charge in [-0.05, 0) is 66.6 Å². The number of aromatic nitrogens is 1. The highest BCUT2D eigenvalue weighted by molar-refractivity contribution is 7.22. The minimum absolute atomic E-state index is 0.0568. The van der Waals surface area contributed by atoms with Crippen LogP contribution in [-0.4, -0.2) is 49.7 Å². The molecule has 1 saturated heterocycles. The smallest absolute Gasteiger partial charge is 0.301 e. The fourth-order valence-electron chi connectivity index (χ4n) is 4.67. The number of ether oxygens (including phenoxy) is 4. The van der Waals surface area contributed by atoms with Crippen LogP contribution in [0, 0.1) is 0 Å². The van der Waals surface area contributed by atoms with Crippen molar-refractivity contribution in [3.8, 4) is 23.0 Å². The number of ketones is 1. The van der Waals surface area contributed by atoms with E-state index in [1.165, 1.54) is 30.5 Å². The highest BCUT2D eigenvalue weighted by Crippen LogP contribution is 2.46. The number of carbonyl (C=O) groups is 2. The van der Waals surface area contributed by atoms with Gasteiger partial charge in [0.25, 0.3) is 5.78 Å². The van der Waals surface area contributed by atoms with Crippen molar-refractivity contribution in [2.24, 2.45) is 0 Å². The summed E-state index contributed by atoms with van der Waals surface area (Å²) in [6.07, 6.45) is 1.86. The van der Waals surface area contributed by atoms with E-state index in [2.05, 4.69) is 11.9 Å². The highest BCUT2D eigenvalue weighted by atomic mass is 32.1. The monoisotopic (exact) mass is 574 g/mol. The fraction of sp³-hybridized carbons (Fsp3) is 0.258. The van der Waals surface area contributed by atoms with Crippen molar-refractivity contribution < 1.29 is 33.6 Å². The van der Waals surface area contributed by atoms with Gasteiger partial charge in [0.2, 0.25) is 0 Å². The number of nitrogens with zero attached hydrogens (tertiary/aromatic N) is 2. The van der Waals surface area contributed by atoms with Crippen LogP contribution in [0.2, 0.25) is 0 Å². The lowest BCUT2D eigenvalue weighted by molar-refractivity contribution is -0.132. The zero-order valence-electron chi connectivity index (χ0n) is 23.2. The highest BCUT2D eigenvalue weighted by Gasteiger charge is 2.48. The Labute approximate surface area is 241 Å². The Morgan fingerprint density at radius 1 is 0.927 bits per heavy atom. The number of hydrogen-bond acceptors (Lipinski definition) is 9. The van der Waals surface area contributed by atoms with Crippen molar-refractivity contribution >= 4 is 44.1 Å². The van der Waals surface area contributed by atoms with Crippen LogP contribution >= 0.6 is 11.3 Å². The number of methoxy groups -OCH3 is 3. The summed E-state index contributed by atoms with van der Waals surface area (Å²) >= 11 is 1.25. The van der Waals surface area contributed by atoms with Crippen molar-refractivity contribution in [2.75, 3.05) is 32.8 Å². The first-order chi connectivity index (χ1) is 19.9. The second kappa shape index (κ2) is 11.9. The largest absolute Gasteiger partial charge is 0.507 e. The van der Waals surface area contributed by atoms with Crippen molar-refractivity contribution in [1.29, 1.82) is 0 Å². The Morgan fingerprint density at radius 2 is 1.66 bits per heavy atom. The summed E-state index contributed by atoms with van der Waals surface area (Å²) in [5.74, 6) is 0.317. The zero-order chi connectivity index (χ0) is 29.1. The van der Waals surface area contributed by atoms with E-state index in [1.807, 2.05) is 6.07 Å². The number of amides is 1. The van der Waals surface area contributed by atoms with E-state index in [1.54, 1.807) is 61.7 Å². The fourth-order valence-corrected chi connectivity index (χ4v) is 5.69. The van der Waals surface area contributed by atoms with Gasteiger partial charge in [0.05, 0.1) is 49.8 Å². The lowest BCUT2D eigenvalue weighted by Gasteiger charge is -2.24. The molecule has 41 heavy (non-hydrogen) atoms. The van der Waals surface area contributed by atoms with Crippen LogP contribution in [0.1, 0.15) is 36.9 Å². The first kappa shape index (κ1) is 28.0. The second-order valence-corrected chi connectivity index (χ2v) is 10.3. The van der Waals surface area contributed by atoms with Gasteiger partial charge >= 0.3 is 5.91 Å². The molecular weight excluding hydrogens is 544 g/mol. The van der Waals surface area contributed by atoms with Crippen molar-refractivity contribution in [3.63, 3.8) is 0 Å². The number of thiazole rings is 1. The Bertz CT molecular complexity index is 1630. The molecule has 0 spiro atoms. The van der Waals surface area contributed by atoms with E-state index >= 15 is 0 Å². The normalized spacial score (nSPS) is 16.3. The van der Waals surface area contributed by atoms with E-state index in [9.17, 15) is 14.7 Å². The predicted octanol–water partition coefficient (Wildman–Crippen LogP) is 6.13. The molecule has 0 aliphatic carbocycles. The van der Waals surface area contributed by atoms with Crippen molar-refractivity contribution in [3.05, 3.63) is 77.4 Å². The molecule has 0 saturated carbocycles. The quantitative estimate of drug-likeness (QED) is 0.104. The van der Waals surface area contributed by atoms with Gasteiger partial charge in [0.15, 0.2) is 16.6 Å². The average molecular weight is 575 g/mol. The number of carbonyl (C=O) groups excluding carboxylic acids is 2. The number of aliphatic hydroxyl groups is 1. The van der Waals surface area contributed by atoms with Gasteiger partial charge in [-0.3, -0.25) is 14.5 Å². The van der Waals surface area contributed by atoms with E-state index in [0.29, 0.717) is 51.4 Å². The summed E-state index contributed by atoms with van der Waals surface area (Å²) < 4.78 is 22.9. The Kier molecular flexibility index (Phi) is 8.11. The minimum atomic E-state index is -0.974. The summed E-state index contributed by atoms with van der Waals surface area (Å²) in [5.41, 5.74) is 1.52. The van der Waals surface area contributed by atoms with Gasteiger partial charge in [0, 0.05) is 5.56 Å². The van der Waals surface area contributed by atoms with Crippen LogP contribution in [0.4, 0.5) is 5.13 Å². The molecule has 1 unspecified atom stereocenters. The maximum Gasteiger partial charge on any atom is 0.301 e. The molecule has 0 radical (unpaired) electrons. The van der Waals surface area contributed by atoms with Crippen LogP contribution in [0.25, 0.3) is 16.0 Å². The third kappa shape index (κ3) is 5.30. The second-order valence-electron chi connectivity index (χ2n) is 9.34. The summed E-state index contributed by atoms with van der Waals surface area (Å²) in [7, 11) is 4.64. The summed E-state index contributed by atoms with van der Waals surface area (Å²) in [4.78, 5) is 33.2. The summed E-state index contributed by atoms with van der Waals surface area (Å²) in [6, 6.07) is 16.3. The third-order valence-electron chi connectivity index (χ3n) is 6.86. The number of unbranched alkanes of at least 4 members (excludes halogenated alkanes) is 1. The van der Waals surface area contributed by atoms with Crippen molar-refractivity contribution in [2.45, 2.75) is 25.8 Å². The molecule has 0 bridgehead atoms. The van der Waals surface area contributed by atoms with Gasteiger partial charge in [-0.15, -0.1) is 0 Å². The first-order valence-corrected chi connectivity index (χ1v) is 13.9. The van der Waals surface area contributed by atoms with Gasteiger partial charge < -0.3 is 24.1 Å². The lowest BCUT2D eigenvalue weighted by Crippen LogP contribution is -2.29. The average Bonchev–Trinajstić information content (AvgIpc) is 3.54. The van der Waals surface area contributed by atoms with Gasteiger partial charge in [-0.2, -0.15) is 0 Å². The molecule has 1 aromatic heterocycles. The molecule has 1 fully saturated rings. The number of anilines is 1. The van der Waals surface area contributed by atoms with E-state index in [4.69, 9.17) is 18.9 Å². The predicted molar refractivity (Wildman–Crippen MR) is 157 cm³/mol. The number of hydrogen-bond donors (Lipinski definition) is 1. The zero-order valence-corrected chi connectivity index (χ0v) is 24.0. The van der Waals surface area contributed by atoms with Crippen LogP contribution in [0.15, 0.2) is 66.2 Å². The number of benzene rings is 3. The molecule has 1 aliphatic rings. The summed E-state index contributed by atoms with van der Waals surface area (Å²) in [5, 5.41) is 11.8. The standard InChI is InChI=1S/C31H30N2O7S/c1-5-6-15-40-23-14-9-19(16-24(23)39-4)27-26(28(34)18-7-10-20(37-2)11-8-18)29(35)30(36)33(27)31-32-22-13-12-21(38-3)17-25(22)41-31/h7-14,16-17,27,34H,5-6,15H2,1-4H3. The molecule has 3 aromatic carbocycles. The Hall–Kier alpha value is -4.57. The molecule has 1 amide bonds. The first-order valence-electron chi connectivity index (χ1n) is 13.1. The molecule has 1 atom stereocenters. The maximum atomic E-state index is 13.6. The molecule has 4 aromatic rings. The van der Waals surface area contributed by atoms with Crippen LogP contribution in [-0.2, 0) is 9.59 Å². The molecule has 5 rings (SSSR count). The van der Waals surface area contributed by atoms with Crippen LogP contribution < -0.4 is 23.8 Å². The summed E-state index contributed by atoms with van der Waals surface area (Å²) in [6.45, 7) is 2.60. The molecule has 212 valence electrons. The van der Waals surface area contributed by atoms with E-state index in [-0.39, 0.29) is 11.3 Å². The lowest BCUT2D eigenvalue weighted by atomic mass is 9.95. The molecular formula is C31H30N2O7S. The maximum absolute atomic E-state index is 13.6. The molecule has 10 heteroatoms. The SMILES string of the molecule is CCCCOc1ccc(C2C(=C(O)c3ccc(OC)cc3)C(=O)C(=O)N2c2nc3ccc(OC)cc3s2)cc1OC. The molecule has 1 aliphatic heterocycles. The van der Waals surface area contributed by atoms with Gasteiger partial charge in [-0.1, -0.05) is 30.7 Å².